The van der Waals surface area contributed by atoms with Crippen LogP contribution in [0.2, 0.25) is 0 Å². The molecule has 0 spiro atoms. The van der Waals surface area contributed by atoms with Crippen LogP contribution in [0.25, 0.3) is 6.08 Å². The average molecular weight is 419 g/mol. The fourth-order valence-electron chi connectivity index (χ4n) is 1.96. The van der Waals surface area contributed by atoms with E-state index in [-0.39, 0.29) is 12.5 Å². The first-order valence-corrected chi connectivity index (χ1v) is 8.50. The lowest BCUT2D eigenvalue weighted by atomic mass is 10.2. The van der Waals surface area contributed by atoms with E-state index in [0.717, 1.165) is 15.8 Å². The molecule has 0 bridgehead atoms. The fourth-order valence-corrected chi connectivity index (χ4v) is 2.30. The van der Waals surface area contributed by atoms with Gasteiger partial charge in [-0.25, -0.2) is 5.43 Å². The maximum Gasteiger partial charge on any atom is 0.277 e. The Morgan fingerprint density at radius 3 is 2.58 bits per heavy atom. The lowest BCUT2D eigenvalue weighted by Gasteiger charge is -2.09. The molecule has 2 aromatic rings. The van der Waals surface area contributed by atoms with Crippen LogP contribution in [-0.2, 0) is 4.79 Å². The zero-order valence-corrected chi connectivity index (χ0v) is 16.0. The van der Waals surface area contributed by atoms with Crippen molar-refractivity contribution in [3.05, 3.63) is 58.6 Å². The summed E-state index contributed by atoms with van der Waals surface area (Å²) in [5.74, 6) is 1.45. The van der Waals surface area contributed by atoms with Gasteiger partial charge in [-0.15, -0.1) is 0 Å². The number of amides is 1. The standard InChI is InChI=1S/C19H19BrN2O4/c1-24-16-8-5-14(6-9-16)4-3-11-21-22-19(23)13-26-17-10-7-15(20)12-18(17)25-2/h3-12H,13H2,1-2H3,(H,22,23). The molecule has 0 atom stereocenters. The predicted molar refractivity (Wildman–Crippen MR) is 105 cm³/mol. The number of benzene rings is 2. The number of rotatable bonds is 8. The summed E-state index contributed by atoms with van der Waals surface area (Å²) in [7, 11) is 3.16. The summed E-state index contributed by atoms with van der Waals surface area (Å²) in [6.07, 6.45) is 5.07. The van der Waals surface area contributed by atoms with Crippen LogP contribution in [0.4, 0.5) is 0 Å². The molecular weight excluding hydrogens is 400 g/mol. The maximum atomic E-state index is 11.7. The third-order valence-corrected chi connectivity index (χ3v) is 3.73. The second kappa shape index (κ2) is 10.2. The van der Waals surface area contributed by atoms with Gasteiger partial charge in [0, 0.05) is 10.7 Å². The third-order valence-electron chi connectivity index (χ3n) is 3.24. The van der Waals surface area contributed by atoms with Crippen LogP contribution >= 0.6 is 15.9 Å². The number of methoxy groups -OCH3 is 2. The van der Waals surface area contributed by atoms with Crippen molar-refractivity contribution in [1.82, 2.24) is 5.43 Å². The summed E-state index contributed by atoms with van der Waals surface area (Å²) < 4.78 is 16.6. The number of hydrogen-bond acceptors (Lipinski definition) is 5. The SMILES string of the molecule is COc1ccc(C=CC=NNC(=O)COc2ccc(Br)cc2OC)cc1. The molecule has 1 amide bonds. The van der Waals surface area contributed by atoms with Gasteiger partial charge in [0.05, 0.1) is 14.2 Å². The van der Waals surface area contributed by atoms with Crippen molar-refractivity contribution in [2.75, 3.05) is 20.8 Å². The van der Waals surface area contributed by atoms with Gasteiger partial charge in [-0.05, 0) is 42.0 Å². The fraction of sp³-hybridized carbons (Fsp3) is 0.158. The average Bonchev–Trinajstić information content (AvgIpc) is 2.67. The maximum absolute atomic E-state index is 11.7. The van der Waals surface area contributed by atoms with Crippen LogP contribution < -0.4 is 19.6 Å². The van der Waals surface area contributed by atoms with Crippen molar-refractivity contribution in [2.45, 2.75) is 0 Å². The van der Waals surface area contributed by atoms with Gasteiger partial charge in [0.1, 0.15) is 5.75 Å². The highest BCUT2D eigenvalue weighted by Gasteiger charge is 2.07. The number of ether oxygens (including phenoxy) is 3. The molecule has 0 saturated carbocycles. The number of carbonyl (C=O) groups excluding carboxylic acids is 1. The van der Waals surface area contributed by atoms with E-state index in [1.54, 1.807) is 31.4 Å². The van der Waals surface area contributed by atoms with E-state index in [9.17, 15) is 4.79 Å². The smallest absolute Gasteiger partial charge is 0.277 e. The molecule has 0 aromatic heterocycles. The Morgan fingerprint density at radius 2 is 1.88 bits per heavy atom. The first-order valence-electron chi connectivity index (χ1n) is 7.71. The number of halogens is 1. The summed E-state index contributed by atoms with van der Waals surface area (Å²) in [6, 6.07) is 12.9. The van der Waals surface area contributed by atoms with Crippen molar-refractivity contribution in [2.24, 2.45) is 5.10 Å². The monoisotopic (exact) mass is 418 g/mol. The summed E-state index contributed by atoms with van der Waals surface area (Å²) >= 11 is 3.34. The molecule has 2 aromatic carbocycles. The Kier molecular flexibility index (Phi) is 7.70. The van der Waals surface area contributed by atoms with Crippen molar-refractivity contribution in [3.63, 3.8) is 0 Å². The van der Waals surface area contributed by atoms with Gasteiger partial charge in [0.25, 0.3) is 5.91 Å². The van der Waals surface area contributed by atoms with Crippen molar-refractivity contribution in [1.29, 1.82) is 0 Å². The van der Waals surface area contributed by atoms with Crippen LogP contribution in [-0.4, -0.2) is 32.9 Å². The number of hydrogen-bond donors (Lipinski definition) is 1. The molecule has 0 fully saturated rings. The molecule has 26 heavy (non-hydrogen) atoms. The van der Waals surface area contributed by atoms with Crippen LogP contribution in [0, 0.1) is 0 Å². The van der Waals surface area contributed by atoms with E-state index in [1.165, 1.54) is 13.3 Å². The highest BCUT2D eigenvalue weighted by Crippen LogP contribution is 2.29. The minimum Gasteiger partial charge on any atom is -0.497 e. The van der Waals surface area contributed by atoms with Crippen molar-refractivity contribution >= 4 is 34.1 Å². The van der Waals surface area contributed by atoms with Crippen molar-refractivity contribution in [3.8, 4) is 17.2 Å². The lowest BCUT2D eigenvalue weighted by Crippen LogP contribution is -2.24. The molecule has 1 N–H and O–H groups in total. The Hall–Kier alpha value is -2.80. The zero-order valence-electron chi connectivity index (χ0n) is 14.4. The Balaban J connectivity index is 1.77. The Bertz CT molecular complexity index is 789. The second-order valence-corrected chi connectivity index (χ2v) is 5.94. The van der Waals surface area contributed by atoms with Gasteiger partial charge in [-0.3, -0.25) is 4.79 Å². The van der Waals surface area contributed by atoms with E-state index in [4.69, 9.17) is 14.2 Å². The molecule has 0 aliphatic heterocycles. The Morgan fingerprint density at radius 1 is 1.12 bits per heavy atom. The van der Waals surface area contributed by atoms with Crippen LogP contribution in [0.3, 0.4) is 0 Å². The van der Waals surface area contributed by atoms with Crippen LogP contribution in [0.1, 0.15) is 5.56 Å². The molecular formula is C19H19BrN2O4. The van der Waals surface area contributed by atoms with Crippen LogP contribution in [0.15, 0.2) is 58.1 Å². The largest absolute Gasteiger partial charge is 0.497 e. The molecule has 6 nitrogen and oxygen atoms in total. The molecule has 0 saturated heterocycles. The van der Waals surface area contributed by atoms with Gasteiger partial charge in [-0.1, -0.05) is 34.1 Å². The van der Waals surface area contributed by atoms with Crippen LogP contribution in [0.5, 0.6) is 17.2 Å². The quantitative estimate of drug-likeness (QED) is 0.524. The van der Waals surface area contributed by atoms with E-state index in [1.807, 2.05) is 30.3 Å². The minimum atomic E-state index is -0.371. The zero-order chi connectivity index (χ0) is 18.8. The number of carbonyl (C=O) groups is 1. The normalized spacial score (nSPS) is 10.9. The second-order valence-electron chi connectivity index (χ2n) is 5.03. The highest BCUT2D eigenvalue weighted by molar-refractivity contribution is 9.10. The summed E-state index contributed by atoms with van der Waals surface area (Å²) in [5.41, 5.74) is 3.39. The van der Waals surface area contributed by atoms with Crippen molar-refractivity contribution < 1.29 is 19.0 Å². The molecule has 0 heterocycles. The van der Waals surface area contributed by atoms with Gasteiger partial charge in [0.15, 0.2) is 18.1 Å². The molecule has 0 aliphatic carbocycles. The lowest BCUT2D eigenvalue weighted by molar-refractivity contribution is -0.123. The molecule has 0 unspecified atom stereocenters. The molecule has 2 rings (SSSR count). The predicted octanol–water partition coefficient (Wildman–Crippen LogP) is 3.66. The van der Waals surface area contributed by atoms with Gasteiger partial charge < -0.3 is 14.2 Å². The van der Waals surface area contributed by atoms with E-state index in [2.05, 4.69) is 26.5 Å². The van der Waals surface area contributed by atoms with E-state index < -0.39 is 0 Å². The van der Waals surface area contributed by atoms with E-state index >= 15 is 0 Å². The number of allylic oxidation sites excluding steroid dienone is 1. The Labute approximate surface area is 160 Å². The molecule has 0 aliphatic rings. The first-order chi connectivity index (χ1) is 12.6. The number of nitrogens with one attached hydrogen (secondary N) is 1. The minimum absolute atomic E-state index is 0.169. The van der Waals surface area contributed by atoms with Gasteiger partial charge >= 0.3 is 0 Å². The van der Waals surface area contributed by atoms with Gasteiger partial charge in [0.2, 0.25) is 0 Å². The summed E-state index contributed by atoms with van der Waals surface area (Å²) in [5, 5.41) is 3.83. The topological polar surface area (TPSA) is 69.2 Å². The first kappa shape index (κ1) is 19.5. The molecule has 0 radical (unpaired) electrons. The third kappa shape index (κ3) is 6.25. The van der Waals surface area contributed by atoms with Gasteiger partial charge in [-0.2, -0.15) is 5.10 Å². The molecule has 136 valence electrons. The summed E-state index contributed by atoms with van der Waals surface area (Å²) in [4.78, 5) is 11.7. The summed E-state index contributed by atoms with van der Waals surface area (Å²) in [6.45, 7) is -0.169. The van der Waals surface area contributed by atoms with E-state index in [0.29, 0.717) is 11.5 Å². The highest BCUT2D eigenvalue weighted by atomic mass is 79.9. The number of nitrogens with zero attached hydrogens (tertiary/aromatic N) is 1. The number of hydrazone groups is 1. The molecule has 7 heteroatoms.